The molecule has 1 fully saturated rings. The SMILES string of the molecule is Cc1cccc(OC(C)C(=O)N2CCN(C(=O)C(C)CN)CC2)c1.Cl. The first kappa shape index (κ1) is 21.3. The molecule has 0 saturated carbocycles. The molecule has 1 heterocycles. The number of halogens is 1. The van der Waals surface area contributed by atoms with Crippen molar-refractivity contribution in [1.29, 1.82) is 0 Å². The highest BCUT2D eigenvalue weighted by molar-refractivity contribution is 5.85. The molecule has 1 aromatic rings. The largest absolute Gasteiger partial charge is 0.481 e. The Morgan fingerprint density at radius 3 is 2.20 bits per heavy atom. The zero-order valence-corrected chi connectivity index (χ0v) is 15.9. The second kappa shape index (κ2) is 9.63. The van der Waals surface area contributed by atoms with Crippen LogP contribution in [0.1, 0.15) is 19.4 Å². The highest BCUT2D eigenvalue weighted by atomic mass is 35.5. The molecule has 2 rings (SSSR count). The van der Waals surface area contributed by atoms with Crippen LogP contribution in [0.3, 0.4) is 0 Å². The van der Waals surface area contributed by atoms with Gasteiger partial charge in [0.2, 0.25) is 5.91 Å². The van der Waals surface area contributed by atoms with Crippen molar-refractivity contribution < 1.29 is 14.3 Å². The molecule has 2 N–H and O–H groups in total. The van der Waals surface area contributed by atoms with Crippen molar-refractivity contribution in [3.8, 4) is 5.75 Å². The van der Waals surface area contributed by atoms with Gasteiger partial charge >= 0.3 is 0 Å². The van der Waals surface area contributed by atoms with Gasteiger partial charge in [0.1, 0.15) is 5.75 Å². The summed E-state index contributed by atoms with van der Waals surface area (Å²) in [6.45, 7) is 8.08. The maximum absolute atomic E-state index is 12.5. The van der Waals surface area contributed by atoms with Gasteiger partial charge in [0.25, 0.3) is 5.91 Å². The molecule has 1 aromatic carbocycles. The third-order valence-electron chi connectivity index (χ3n) is 4.33. The van der Waals surface area contributed by atoms with E-state index in [1.807, 2.05) is 38.1 Å². The number of hydrogen-bond acceptors (Lipinski definition) is 4. The van der Waals surface area contributed by atoms with Crippen LogP contribution < -0.4 is 10.5 Å². The summed E-state index contributed by atoms with van der Waals surface area (Å²) in [5.74, 6) is 0.543. The Balaban J connectivity index is 0.00000312. The van der Waals surface area contributed by atoms with Crippen molar-refractivity contribution in [2.75, 3.05) is 32.7 Å². The van der Waals surface area contributed by atoms with Crippen LogP contribution in [0.5, 0.6) is 5.75 Å². The quantitative estimate of drug-likeness (QED) is 0.852. The zero-order valence-electron chi connectivity index (χ0n) is 15.1. The number of nitrogens with zero attached hydrogens (tertiary/aromatic N) is 2. The van der Waals surface area contributed by atoms with Crippen LogP contribution in [0.2, 0.25) is 0 Å². The van der Waals surface area contributed by atoms with E-state index < -0.39 is 6.10 Å². The average molecular weight is 370 g/mol. The first-order valence-corrected chi connectivity index (χ1v) is 8.43. The van der Waals surface area contributed by atoms with Crippen LogP contribution >= 0.6 is 12.4 Å². The van der Waals surface area contributed by atoms with Crippen LogP contribution in [0.25, 0.3) is 0 Å². The van der Waals surface area contributed by atoms with Gasteiger partial charge in [-0.05, 0) is 31.5 Å². The summed E-state index contributed by atoms with van der Waals surface area (Å²) in [6.07, 6.45) is -0.544. The Morgan fingerprint density at radius 2 is 1.68 bits per heavy atom. The number of aryl methyl sites for hydroxylation is 1. The summed E-state index contributed by atoms with van der Waals surface area (Å²) >= 11 is 0. The number of nitrogens with two attached hydrogens (primary N) is 1. The molecule has 6 nitrogen and oxygen atoms in total. The van der Waals surface area contributed by atoms with Crippen molar-refractivity contribution in [3.63, 3.8) is 0 Å². The van der Waals surface area contributed by atoms with E-state index in [9.17, 15) is 9.59 Å². The summed E-state index contributed by atoms with van der Waals surface area (Å²) in [6, 6.07) is 7.65. The van der Waals surface area contributed by atoms with Gasteiger partial charge in [-0.15, -0.1) is 12.4 Å². The molecule has 0 radical (unpaired) electrons. The van der Waals surface area contributed by atoms with Crippen molar-refractivity contribution in [2.24, 2.45) is 11.7 Å². The summed E-state index contributed by atoms with van der Waals surface area (Å²) in [5, 5.41) is 0. The van der Waals surface area contributed by atoms with E-state index in [1.54, 1.807) is 16.7 Å². The predicted octanol–water partition coefficient (Wildman–Crippen LogP) is 1.45. The van der Waals surface area contributed by atoms with Crippen molar-refractivity contribution in [3.05, 3.63) is 29.8 Å². The lowest BCUT2D eigenvalue weighted by Crippen LogP contribution is -2.54. The first-order valence-electron chi connectivity index (χ1n) is 8.43. The van der Waals surface area contributed by atoms with Gasteiger partial charge in [0.15, 0.2) is 6.10 Å². The molecule has 7 heteroatoms. The van der Waals surface area contributed by atoms with Crippen LogP contribution in [0.4, 0.5) is 0 Å². The Hall–Kier alpha value is -1.79. The van der Waals surface area contributed by atoms with Crippen LogP contribution in [-0.2, 0) is 9.59 Å². The van der Waals surface area contributed by atoms with E-state index in [1.165, 1.54) is 0 Å². The minimum absolute atomic E-state index is 0. The lowest BCUT2D eigenvalue weighted by molar-refractivity contribution is -0.145. The Morgan fingerprint density at radius 1 is 1.12 bits per heavy atom. The summed E-state index contributed by atoms with van der Waals surface area (Å²) < 4.78 is 5.75. The van der Waals surface area contributed by atoms with Gasteiger partial charge in [-0.25, -0.2) is 0 Å². The van der Waals surface area contributed by atoms with Gasteiger partial charge in [0.05, 0.1) is 0 Å². The van der Waals surface area contributed by atoms with Gasteiger partial charge in [-0.1, -0.05) is 19.1 Å². The molecule has 140 valence electrons. The van der Waals surface area contributed by atoms with E-state index in [-0.39, 0.29) is 30.1 Å². The zero-order chi connectivity index (χ0) is 17.7. The molecule has 2 amide bonds. The van der Waals surface area contributed by atoms with Gasteiger partial charge in [0, 0.05) is 38.6 Å². The Bertz CT molecular complexity index is 589. The lowest BCUT2D eigenvalue weighted by atomic mass is 10.1. The number of piperazine rings is 1. The summed E-state index contributed by atoms with van der Waals surface area (Å²) in [5.41, 5.74) is 6.64. The Labute approximate surface area is 155 Å². The maximum atomic E-state index is 12.5. The van der Waals surface area contributed by atoms with E-state index in [0.717, 1.165) is 5.56 Å². The number of carbonyl (C=O) groups is 2. The second-order valence-corrected chi connectivity index (χ2v) is 6.36. The fraction of sp³-hybridized carbons (Fsp3) is 0.556. The van der Waals surface area contributed by atoms with Crippen LogP contribution in [-0.4, -0.2) is 60.4 Å². The number of ether oxygens (including phenoxy) is 1. The van der Waals surface area contributed by atoms with Gasteiger partial charge < -0.3 is 20.3 Å². The molecule has 0 aromatic heterocycles. The predicted molar refractivity (Wildman–Crippen MR) is 99.9 cm³/mol. The highest BCUT2D eigenvalue weighted by Gasteiger charge is 2.29. The van der Waals surface area contributed by atoms with Gasteiger partial charge in [-0.3, -0.25) is 9.59 Å². The second-order valence-electron chi connectivity index (χ2n) is 6.36. The molecule has 0 aliphatic carbocycles. The molecule has 1 saturated heterocycles. The minimum Gasteiger partial charge on any atom is -0.481 e. The average Bonchev–Trinajstić information content (AvgIpc) is 2.59. The molecule has 2 atom stereocenters. The van der Waals surface area contributed by atoms with Crippen molar-refractivity contribution in [2.45, 2.75) is 26.9 Å². The first-order chi connectivity index (χ1) is 11.4. The maximum Gasteiger partial charge on any atom is 0.263 e. The Kier molecular flexibility index (Phi) is 8.19. The minimum atomic E-state index is -0.544. The van der Waals surface area contributed by atoms with Crippen LogP contribution in [0.15, 0.2) is 24.3 Å². The number of rotatable bonds is 5. The molecule has 1 aliphatic rings. The topological polar surface area (TPSA) is 75.9 Å². The van der Waals surface area contributed by atoms with Crippen LogP contribution in [0, 0.1) is 12.8 Å². The monoisotopic (exact) mass is 369 g/mol. The lowest BCUT2D eigenvalue weighted by Gasteiger charge is -2.36. The molecule has 2 unspecified atom stereocenters. The molecular formula is C18H28ClN3O3. The fourth-order valence-electron chi connectivity index (χ4n) is 2.76. The standard InChI is InChI=1S/C18H27N3O3.ClH/c1-13-5-4-6-16(11-13)24-15(3)18(23)21-9-7-20(8-10-21)17(22)14(2)12-19;/h4-6,11,14-15H,7-10,12,19H2,1-3H3;1H. The van der Waals surface area contributed by atoms with E-state index in [0.29, 0.717) is 38.5 Å². The molecular weight excluding hydrogens is 342 g/mol. The molecule has 0 spiro atoms. The van der Waals surface area contributed by atoms with E-state index in [2.05, 4.69) is 0 Å². The van der Waals surface area contributed by atoms with Gasteiger partial charge in [-0.2, -0.15) is 0 Å². The van der Waals surface area contributed by atoms with Crippen molar-refractivity contribution in [1.82, 2.24) is 9.80 Å². The third kappa shape index (κ3) is 5.61. The number of amides is 2. The molecule has 0 bridgehead atoms. The summed E-state index contributed by atoms with van der Waals surface area (Å²) in [4.78, 5) is 28.2. The highest BCUT2D eigenvalue weighted by Crippen LogP contribution is 2.16. The van der Waals surface area contributed by atoms with E-state index in [4.69, 9.17) is 10.5 Å². The molecule has 1 aliphatic heterocycles. The number of benzene rings is 1. The number of hydrogen-bond donors (Lipinski definition) is 1. The third-order valence-corrected chi connectivity index (χ3v) is 4.33. The fourth-order valence-corrected chi connectivity index (χ4v) is 2.76. The smallest absolute Gasteiger partial charge is 0.263 e. The number of carbonyl (C=O) groups excluding carboxylic acids is 2. The molecule has 25 heavy (non-hydrogen) atoms. The van der Waals surface area contributed by atoms with Crippen molar-refractivity contribution >= 4 is 24.2 Å². The summed E-state index contributed by atoms with van der Waals surface area (Å²) in [7, 11) is 0. The normalized spacial score (nSPS) is 16.6. The van der Waals surface area contributed by atoms with E-state index >= 15 is 0 Å².